The number of carbonyl (C=O) groups is 1. The van der Waals surface area contributed by atoms with Crippen molar-refractivity contribution in [1.82, 2.24) is 4.72 Å². The van der Waals surface area contributed by atoms with Gasteiger partial charge >= 0.3 is 0 Å². The van der Waals surface area contributed by atoms with Crippen LogP contribution in [0.15, 0.2) is 53.4 Å². The third kappa shape index (κ3) is 6.40. The molecule has 0 bridgehead atoms. The normalized spacial score (nSPS) is 11.5. The zero-order valence-electron chi connectivity index (χ0n) is 15.3. The van der Waals surface area contributed by atoms with Crippen LogP contribution in [0.4, 0.5) is 5.69 Å². The summed E-state index contributed by atoms with van der Waals surface area (Å²) >= 11 is 0. The molecule has 0 aliphatic heterocycles. The van der Waals surface area contributed by atoms with E-state index < -0.39 is 21.5 Å². The molecule has 7 nitrogen and oxygen atoms in total. The van der Waals surface area contributed by atoms with Crippen molar-refractivity contribution in [3.8, 4) is 11.8 Å². The minimum Gasteiger partial charge on any atom is -0.484 e. The van der Waals surface area contributed by atoms with Gasteiger partial charge < -0.3 is 10.1 Å². The van der Waals surface area contributed by atoms with Gasteiger partial charge in [0.2, 0.25) is 10.0 Å². The maximum absolute atomic E-state index is 12.4. The second-order valence-corrected chi connectivity index (χ2v) is 8.54. The van der Waals surface area contributed by atoms with Crippen LogP contribution in [0.1, 0.15) is 26.3 Å². The van der Waals surface area contributed by atoms with E-state index in [0.29, 0.717) is 17.0 Å². The van der Waals surface area contributed by atoms with E-state index in [1.165, 1.54) is 12.1 Å². The molecule has 0 heterocycles. The Morgan fingerprint density at radius 3 is 2.41 bits per heavy atom. The van der Waals surface area contributed by atoms with Gasteiger partial charge in [-0.25, -0.2) is 13.1 Å². The lowest BCUT2D eigenvalue weighted by Gasteiger charge is -2.20. The third-order valence-corrected chi connectivity index (χ3v) is 4.98. The molecule has 0 aliphatic rings. The number of benzene rings is 2. The summed E-state index contributed by atoms with van der Waals surface area (Å²) < 4.78 is 32.7. The SMILES string of the molecule is CC(C)(C)NS(=O)(=O)c1cccc(NC(=O)COc2ccc(C#N)cc2)c1. The Bertz CT molecular complexity index is 956. The third-order valence-electron chi connectivity index (χ3n) is 3.22. The molecule has 0 unspecified atom stereocenters. The smallest absolute Gasteiger partial charge is 0.262 e. The summed E-state index contributed by atoms with van der Waals surface area (Å²) in [6, 6.07) is 14.3. The summed E-state index contributed by atoms with van der Waals surface area (Å²) in [5.41, 5.74) is 0.224. The van der Waals surface area contributed by atoms with Gasteiger partial charge in [-0.15, -0.1) is 0 Å². The Hall–Kier alpha value is -2.89. The highest BCUT2D eigenvalue weighted by Gasteiger charge is 2.22. The standard InChI is InChI=1S/C19H21N3O4S/c1-19(2,3)22-27(24,25)17-6-4-5-15(11-17)21-18(23)13-26-16-9-7-14(12-20)8-10-16/h4-11,22H,13H2,1-3H3,(H,21,23). The first kappa shape index (κ1) is 20.4. The molecule has 0 fully saturated rings. The number of ether oxygens (including phenoxy) is 1. The monoisotopic (exact) mass is 387 g/mol. The topological polar surface area (TPSA) is 108 Å². The number of anilines is 1. The van der Waals surface area contributed by atoms with Crippen molar-refractivity contribution < 1.29 is 17.9 Å². The molecule has 8 heteroatoms. The summed E-state index contributed by atoms with van der Waals surface area (Å²) in [5.74, 6) is 0.0209. The number of rotatable bonds is 6. The van der Waals surface area contributed by atoms with Crippen LogP contribution in [-0.2, 0) is 14.8 Å². The predicted octanol–water partition coefficient (Wildman–Crippen LogP) is 2.65. The molecule has 0 spiro atoms. The molecule has 2 aromatic carbocycles. The van der Waals surface area contributed by atoms with E-state index >= 15 is 0 Å². The van der Waals surface area contributed by atoms with Crippen LogP contribution >= 0.6 is 0 Å². The van der Waals surface area contributed by atoms with Crippen molar-refractivity contribution in [2.75, 3.05) is 11.9 Å². The molecule has 0 saturated carbocycles. The van der Waals surface area contributed by atoms with E-state index in [-0.39, 0.29) is 11.5 Å². The summed E-state index contributed by atoms with van der Waals surface area (Å²) in [6.45, 7) is 4.99. The Morgan fingerprint density at radius 2 is 1.81 bits per heavy atom. The lowest BCUT2D eigenvalue weighted by Crippen LogP contribution is -2.40. The first-order valence-electron chi connectivity index (χ1n) is 8.16. The maximum atomic E-state index is 12.4. The van der Waals surface area contributed by atoms with Gasteiger partial charge in [0.25, 0.3) is 5.91 Å². The number of amides is 1. The van der Waals surface area contributed by atoms with Gasteiger partial charge in [0.05, 0.1) is 16.5 Å². The maximum Gasteiger partial charge on any atom is 0.262 e. The second kappa shape index (κ2) is 8.20. The number of nitrogens with zero attached hydrogens (tertiary/aromatic N) is 1. The van der Waals surface area contributed by atoms with Gasteiger partial charge in [-0.05, 0) is 63.2 Å². The fraction of sp³-hybridized carbons (Fsp3) is 0.263. The fourth-order valence-corrected chi connectivity index (χ4v) is 3.64. The molecule has 0 atom stereocenters. The van der Waals surface area contributed by atoms with Crippen molar-refractivity contribution in [2.24, 2.45) is 0 Å². The lowest BCUT2D eigenvalue weighted by atomic mass is 10.1. The molecular weight excluding hydrogens is 366 g/mol. The summed E-state index contributed by atoms with van der Waals surface area (Å²) in [5, 5.41) is 11.4. The first-order chi connectivity index (χ1) is 12.6. The first-order valence-corrected chi connectivity index (χ1v) is 9.64. The van der Waals surface area contributed by atoms with E-state index in [1.54, 1.807) is 57.2 Å². The highest BCUT2D eigenvalue weighted by Crippen LogP contribution is 2.18. The van der Waals surface area contributed by atoms with Crippen molar-refractivity contribution >= 4 is 21.6 Å². The Labute approximate surface area is 159 Å². The number of nitrogens with one attached hydrogen (secondary N) is 2. The van der Waals surface area contributed by atoms with Gasteiger partial charge in [-0.1, -0.05) is 6.07 Å². The van der Waals surface area contributed by atoms with Crippen molar-refractivity contribution in [1.29, 1.82) is 5.26 Å². The van der Waals surface area contributed by atoms with Crippen LogP contribution in [0, 0.1) is 11.3 Å². The quantitative estimate of drug-likeness (QED) is 0.792. The van der Waals surface area contributed by atoms with Crippen LogP contribution in [0.2, 0.25) is 0 Å². The second-order valence-electron chi connectivity index (χ2n) is 6.86. The van der Waals surface area contributed by atoms with Gasteiger partial charge in [0.1, 0.15) is 5.75 Å². The minimum absolute atomic E-state index is 0.0586. The molecule has 27 heavy (non-hydrogen) atoms. The van der Waals surface area contributed by atoms with E-state index in [4.69, 9.17) is 10.00 Å². The average molecular weight is 387 g/mol. The Morgan fingerprint density at radius 1 is 1.15 bits per heavy atom. The van der Waals surface area contributed by atoms with Crippen molar-refractivity contribution in [3.63, 3.8) is 0 Å². The van der Waals surface area contributed by atoms with Crippen molar-refractivity contribution in [2.45, 2.75) is 31.2 Å². The number of carbonyl (C=O) groups excluding carboxylic acids is 1. The summed E-state index contributed by atoms with van der Waals surface area (Å²) in [4.78, 5) is 12.1. The minimum atomic E-state index is -3.70. The molecular formula is C19H21N3O4S. The van der Waals surface area contributed by atoms with Gasteiger partial charge in [0.15, 0.2) is 6.61 Å². The molecule has 0 radical (unpaired) electrons. The van der Waals surface area contributed by atoms with Crippen molar-refractivity contribution in [3.05, 3.63) is 54.1 Å². The largest absolute Gasteiger partial charge is 0.484 e. The molecule has 142 valence electrons. The van der Waals surface area contributed by atoms with Crippen LogP contribution in [0.25, 0.3) is 0 Å². The Kier molecular flexibility index (Phi) is 6.20. The summed E-state index contributed by atoms with van der Waals surface area (Å²) in [6.07, 6.45) is 0. The number of hydrogen-bond donors (Lipinski definition) is 2. The van der Waals surface area contributed by atoms with Crippen LogP contribution in [-0.4, -0.2) is 26.5 Å². The molecule has 0 aliphatic carbocycles. The molecule has 1 amide bonds. The van der Waals surface area contributed by atoms with Crippen LogP contribution in [0.5, 0.6) is 5.75 Å². The zero-order valence-corrected chi connectivity index (χ0v) is 16.1. The van der Waals surface area contributed by atoms with Gasteiger partial charge in [-0.3, -0.25) is 4.79 Å². The molecule has 2 aromatic rings. The lowest BCUT2D eigenvalue weighted by molar-refractivity contribution is -0.118. The fourth-order valence-electron chi connectivity index (χ4n) is 2.17. The van der Waals surface area contributed by atoms with E-state index in [2.05, 4.69) is 10.0 Å². The number of nitriles is 1. The summed E-state index contributed by atoms with van der Waals surface area (Å²) in [7, 11) is -3.70. The van der Waals surface area contributed by atoms with E-state index in [1.807, 2.05) is 6.07 Å². The highest BCUT2D eigenvalue weighted by molar-refractivity contribution is 7.89. The number of sulfonamides is 1. The highest BCUT2D eigenvalue weighted by atomic mass is 32.2. The Balaban J connectivity index is 2.00. The molecule has 2 rings (SSSR count). The predicted molar refractivity (Wildman–Crippen MR) is 102 cm³/mol. The van der Waals surface area contributed by atoms with Gasteiger partial charge in [-0.2, -0.15) is 5.26 Å². The van der Waals surface area contributed by atoms with Crippen LogP contribution < -0.4 is 14.8 Å². The zero-order chi connectivity index (χ0) is 20.1. The van der Waals surface area contributed by atoms with E-state index in [0.717, 1.165) is 0 Å². The molecule has 0 saturated heterocycles. The van der Waals surface area contributed by atoms with Gasteiger partial charge in [0, 0.05) is 11.2 Å². The molecule has 0 aromatic heterocycles. The average Bonchev–Trinajstić information content (AvgIpc) is 2.58. The molecule has 2 N–H and O–H groups in total. The number of hydrogen-bond acceptors (Lipinski definition) is 5. The van der Waals surface area contributed by atoms with Crippen LogP contribution in [0.3, 0.4) is 0 Å². The van der Waals surface area contributed by atoms with E-state index in [9.17, 15) is 13.2 Å².